The molecule has 7 nitrogen and oxygen atoms in total. The Labute approximate surface area is 162 Å². The van der Waals surface area contributed by atoms with Gasteiger partial charge in [0.15, 0.2) is 0 Å². The molecular weight excluding hydrogens is 444 g/mol. The molecule has 26 heavy (non-hydrogen) atoms. The lowest BCUT2D eigenvalue weighted by atomic mass is 10.3. The van der Waals surface area contributed by atoms with E-state index >= 15 is 0 Å². The minimum Gasteiger partial charge on any atom is -0.495 e. The van der Waals surface area contributed by atoms with E-state index in [0.29, 0.717) is 0 Å². The molecule has 0 heterocycles. The number of ether oxygens (including phenoxy) is 1. The van der Waals surface area contributed by atoms with Gasteiger partial charge in [0.2, 0.25) is 10.0 Å². The van der Waals surface area contributed by atoms with E-state index in [1.165, 1.54) is 37.4 Å². The van der Waals surface area contributed by atoms with Gasteiger partial charge in [-0.1, -0.05) is 15.9 Å². The SMILES string of the molecule is COc1ccc(S(=O)(=O)NC(C)C)cc1NS(=O)(=O)c1ccc(Br)cc1. The minimum atomic E-state index is -3.91. The second-order valence-electron chi connectivity index (χ2n) is 5.70. The first-order valence-corrected chi connectivity index (χ1v) is 11.3. The molecule has 0 saturated carbocycles. The molecule has 2 rings (SSSR count). The summed E-state index contributed by atoms with van der Waals surface area (Å²) in [4.78, 5) is -0.0307. The summed E-state index contributed by atoms with van der Waals surface area (Å²) >= 11 is 3.24. The molecule has 10 heteroatoms. The number of hydrogen-bond donors (Lipinski definition) is 2. The van der Waals surface area contributed by atoms with Crippen molar-refractivity contribution < 1.29 is 21.6 Å². The molecule has 0 aromatic heterocycles. The third-order valence-corrected chi connectivity index (χ3v) is 6.81. The van der Waals surface area contributed by atoms with E-state index < -0.39 is 20.0 Å². The van der Waals surface area contributed by atoms with Gasteiger partial charge in [0.25, 0.3) is 10.0 Å². The molecule has 0 saturated heterocycles. The fourth-order valence-electron chi connectivity index (χ4n) is 2.13. The molecule has 2 N–H and O–H groups in total. The van der Waals surface area contributed by atoms with Crippen molar-refractivity contribution in [3.8, 4) is 5.75 Å². The van der Waals surface area contributed by atoms with Crippen LogP contribution < -0.4 is 14.2 Å². The highest BCUT2D eigenvalue weighted by atomic mass is 79.9. The summed E-state index contributed by atoms with van der Waals surface area (Å²) in [6.45, 7) is 3.39. The van der Waals surface area contributed by atoms with Crippen LogP contribution in [-0.2, 0) is 20.0 Å². The molecule has 0 aliphatic heterocycles. The zero-order valence-electron chi connectivity index (χ0n) is 14.4. The number of benzene rings is 2. The lowest BCUT2D eigenvalue weighted by Crippen LogP contribution is -2.30. The largest absolute Gasteiger partial charge is 0.495 e. The molecule has 0 atom stereocenters. The Balaban J connectivity index is 2.45. The lowest BCUT2D eigenvalue weighted by Gasteiger charge is -2.15. The summed E-state index contributed by atoms with van der Waals surface area (Å²) in [6.07, 6.45) is 0. The zero-order valence-corrected chi connectivity index (χ0v) is 17.6. The van der Waals surface area contributed by atoms with Gasteiger partial charge in [-0.05, 0) is 56.3 Å². The van der Waals surface area contributed by atoms with Gasteiger partial charge >= 0.3 is 0 Å². The van der Waals surface area contributed by atoms with Crippen molar-refractivity contribution in [2.24, 2.45) is 0 Å². The van der Waals surface area contributed by atoms with E-state index in [9.17, 15) is 16.8 Å². The number of sulfonamides is 2. The summed E-state index contributed by atoms with van der Waals surface area (Å²) in [5, 5.41) is 0. The van der Waals surface area contributed by atoms with Crippen LogP contribution in [0.3, 0.4) is 0 Å². The van der Waals surface area contributed by atoms with Gasteiger partial charge in [-0.3, -0.25) is 4.72 Å². The third-order valence-electron chi connectivity index (χ3n) is 3.24. The first-order valence-electron chi connectivity index (χ1n) is 7.54. The van der Waals surface area contributed by atoms with Crippen LogP contribution in [-0.4, -0.2) is 30.0 Å². The molecular formula is C16H19BrN2O5S2. The van der Waals surface area contributed by atoms with Crippen LogP contribution in [0, 0.1) is 0 Å². The van der Waals surface area contributed by atoms with Crippen molar-refractivity contribution in [3.63, 3.8) is 0 Å². The van der Waals surface area contributed by atoms with Gasteiger partial charge < -0.3 is 4.74 Å². The van der Waals surface area contributed by atoms with Crippen LogP contribution in [0.1, 0.15) is 13.8 Å². The molecule has 0 fully saturated rings. The topological polar surface area (TPSA) is 102 Å². The Morgan fingerprint density at radius 2 is 1.50 bits per heavy atom. The van der Waals surface area contributed by atoms with E-state index in [2.05, 4.69) is 25.4 Å². The fraction of sp³-hybridized carbons (Fsp3) is 0.250. The molecule has 0 amide bonds. The summed E-state index contributed by atoms with van der Waals surface area (Å²) in [5.74, 6) is 0.203. The van der Waals surface area contributed by atoms with E-state index in [4.69, 9.17) is 4.74 Å². The van der Waals surface area contributed by atoms with Crippen molar-refractivity contribution in [1.82, 2.24) is 4.72 Å². The highest BCUT2D eigenvalue weighted by molar-refractivity contribution is 9.10. The standard InChI is InChI=1S/C16H19BrN2O5S2/c1-11(2)18-26(22,23)14-8-9-16(24-3)15(10-14)19-25(20,21)13-6-4-12(17)5-7-13/h4-11,18-19H,1-3H3. The number of anilines is 1. The van der Waals surface area contributed by atoms with Gasteiger partial charge in [0.05, 0.1) is 22.6 Å². The predicted octanol–water partition coefficient (Wildman–Crippen LogP) is 2.95. The van der Waals surface area contributed by atoms with Gasteiger partial charge in [0.1, 0.15) is 5.75 Å². The minimum absolute atomic E-state index is 0.0297. The second-order valence-corrected chi connectivity index (χ2v) is 10.0. The smallest absolute Gasteiger partial charge is 0.262 e. The number of nitrogens with one attached hydrogen (secondary N) is 2. The summed E-state index contributed by atoms with van der Waals surface area (Å²) in [5.41, 5.74) is 0.0297. The van der Waals surface area contributed by atoms with Crippen LogP contribution in [0.15, 0.2) is 56.7 Å². The molecule has 142 valence electrons. The maximum Gasteiger partial charge on any atom is 0.262 e. The molecule has 0 bridgehead atoms. The first kappa shape index (κ1) is 20.7. The highest BCUT2D eigenvalue weighted by Gasteiger charge is 2.21. The van der Waals surface area contributed by atoms with Crippen molar-refractivity contribution in [2.45, 2.75) is 29.7 Å². The van der Waals surface area contributed by atoms with Gasteiger partial charge in [0, 0.05) is 10.5 Å². The average Bonchev–Trinajstić information content (AvgIpc) is 2.53. The Kier molecular flexibility index (Phi) is 6.33. The highest BCUT2D eigenvalue weighted by Crippen LogP contribution is 2.30. The zero-order chi connectivity index (χ0) is 19.5. The van der Waals surface area contributed by atoms with Crippen LogP contribution in [0.2, 0.25) is 0 Å². The van der Waals surface area contributed by atoms with Gasteiger partial charge in [-0.25, -0.2) is 21.6 Å². The molecule has 0 aliphatic rings. The molecule has 0 spiro atoms. The Morgan fingerprint density at radius 1 is 0.923 bits per heavy atom. The molecule has 2 aromatic rings. The summed E-state index contributed by atoms with van der Waals surface area (Å²) < 4.78 is 60.5. The van der Waals surface area contributed by atoms with Crippen molar-refractivity contribution in [2.75, 3.05) is 11.8 Å². The van der Waals surface area contributed by atoms with Crippen LogP contribution in [0.4, 0.5) is 5.69 Å². The molecule has 0 aliphatic carbocycles. The normalized spacial score (nSPS) is 12.2. The van der Waals surface area contributed by atoms with E-state index in [1.54, 1.807) is 26.0 Å². The maximum atomic E-state index is 12.6. The number of halogens is 1. The second kappa shape index (κ2) is 7.95. The Morgan fingerprint density at radius 3 is 2.04 bits per heavy atom. The van der Waals surface area contributed by atoms with E-state index in [0.717, 1.165) is 4.47 Å². The molecule has 0 radical (unpaired) electrons. The Hall–Kier alpha value is -1.62. The molecule has 0 unspecified atom stereocenters. The predicted molar refractivity (Wildman–Crippen MR) is 103 cm³/mol. The van der Waals surface area contributed by atoms with Crippen molar-refractivity contribution in [3.05, 3.63) is 46.9 Å². The third kappa shape index (κ3) is 4.97. The van der Waals surface area contributed by atoms with Crippen molar-refractivity contribution in [1.29, 1.82) is 0 Å². The average molecular weight is 463 g/mol. The van der Waals surface area contributed by atoms with E-state index in [-0.39, 0.29) is 27.3 Å². The fourth-order valence-corrected chi connectivity index (χ4v) is 4.73. The quantitative estimate of drug-likeness (QED) is 0.658. The van der Waals surface area contributed by atoms with Gasteiger partial charge in [-0.2, -0.15) is 0 Å². The van der Waals surface area contributed by atoms with Gasteiger partial charge in [-0.15, -0.1) is 0 Å². The van der Waals surface area contributed by atoms with Crippen LogP contribution in [0.25, 0.3) is 0 Å². The maximum absolute atomic E-state index is 12.6. The Bertz CT molecular complexity index is 988. The van der Waals surface area contributed by atoms with E-state index in [1.807, 2.05) is 0 Å². The van der Waals surface area contributed by atoms with Crippen LogP contribution >= 0.6 is 15.9 Å². The molecule has 2 aromatic carbocycles. The lowest BCUT2D eigenvalue weighted by molar-refractivity contribution is 0.416. The number of hydrogen-bond acceptors (Lipinski definition) is 5. The van der Waals surface area contributed by atoms with Crippen molar-refractivity contribution >= 4 is 41.7 Å². The summed E-state index contributed by atoms with van der Waals surface area (Å²) in [7, 11) is -6.33. The van der Waals surface area contributed by atoms with Crippen LogP contribution in [0.5, 0.6) is 5.75 Å². The number of methoxy groups -OCH3 is 1. The first-order chi connectivity index (χ1) is 12.0. The summed E-state index contributed by atoms with van der Waals surface area (Å²) in [6, 6.07) is 9.72. The number of rotatable bonds is 7. The monoisotopic (exact) mass is 462 g/mol.